The molecule has 27 heavy (non-hydrogen) atoms. The third kappa shape index (κ3) is 3.84. The maximum atomic E-state index is 9.50. The van der Waals surface area contributed by atoms with Gasteiger partial charge in [0.1, 0.15) is 36.1 Å². The fourth-order valence-corrected chi connectivity index (χ4v) is 7.06. The molecule has 0 radical (unpaired) electrons. The highest BCUT2D eigenvalue weighted by atomic mass is 31.2. The molecule has 0 unspecified atom stereocenters. The second-order valence-electron chi connectivity index (χ2n) is 6.60. The Hall–Kier alpha value is -2.37. The first kappa shape index (κ1) is 14.7. The molecule has 3 aromatic rings. The van der Waals surface area contributed by atoms with Crippen LogP contribution in [-0.2, 0) is 4.74 Å². The van der Waals surface area contributed by atoms with Gasteiger partial charge >= 0.3 is 0 Å². The van der Waals surface area contributed by atoms with E-state index in [9.17, 15) is 1.37 Å². The zero-order valence-corrected chi connectivity index (χ0v) is 16.2. The number of hydrogen-bond donors (Lipinski definition) is 0. The van der Waals surface area contributed by atoms with Gasteiger partial charge in [0, 0.05) is 9.11 Å². The van der Waals surface area contributed by atoms with Crippen molar-refractivity contribution in [3.05, 3.63) is 103 Å². The lowest BCUT2D eigenvalue weighted by molar-refractivity contribution is 0.214. The molecular formula is C25H26OP+. The Labute approximate surface area is 167 Å². The Balaban J connectivity index is 2.11. The van der Waals surface area contributed by atoms with E-state index in [2.05, 4.69) is 36.4 Å². The predicted octanol–water partition coefficient (Wildman–Crippen LogP) is 5.41. The molecule has 0 atom stereocenters. The van der Waals surface area contributed by atoms with Gasteiger partial charge in [-0.1, -0.05) is 54.6 Å². The van der Waals surface area contributed by atoms with Crippen LogP contribution in [0.2, 0.25) is 0 Å². The van der Waals surface area contributed by atoms with E-state index in [1.165, 1.54) is 0 Å². The van der Waals surface area contributed by atoms with Crippen molar-refractivity contribution in [2.45, 2.75) is 25.6 Å². The van der Waals surface area contributed by atoms with Crippen molar-refractivity contribution in [2.75, 3.05) is 6.61 Å². The van der Waals surface area contributed by atoms with Crippen molar-refractivity contribution in [3.63, 3.8) is 0 Å². The second kappa shape index (κ2) is 8.55. The van der Waals surface area contributed by atoms with Gasteiger partial charge in [-0.25, -0.2) is 0 Å². The van der Waals surface area contributed by atoms with E-state index < -0.39 is 13.6 Å². The SMILES string of the molecule is [2H]C(=C1OCCCCC1([2H])[2H])[P+](c1ccccc1)(c1ccccc1)c1ccccc1. The van der Waals surface area contributed by atoms with Gasteiger partial charge in [-0.05, 0) is 55.7 Å². The van der Waals surface area contributed by atoms with Gasteiger partial charge in [0.05, 0.1) is 6.61 Å². The summed E-state index contributed by atoms with van der Waals surface area (Å²) in [6.07, 6.45) is 0.293. The number of hydrogen-bond acceptors (Lipinski definition) is 1. The van der Waals surface area contributed by atoms with Gasteiger partial charge in [-0.3, -0.25) is 0 Å². The molecule has 1 aliphatic rings. The van der Waals surface area contributed by atoms with E-state index in [4.69, 9.17) is 7.48 Å². The van der Waals surface area contributed by atoms with Crippen molar-refractivity contribution in [1.82, 2.24) is 0 Å². The van der Waals surface area contributed by atoms with E-state index in [1.54, 1.807) is 0 Å². The van der Waals surface area contributed by atoms with Gasteiger partial charge in [0.2, 0.25) is 0 Å². The summed E-state index contributed by atoms with van der Waals surface area (Å²) in [5.74, 6) is 0.475. The van der Waals surface area contributed by atoms with Crippen molar-refractivity contribution < 1.29 is 8.85 Å². The Morgan fingerprint density at radius 3 is 1.67 bits per heavy atom. The molecule has 0 spiro atoms. The van der Waals surface area contributed by atoms with Gasteiger partial charge in [0.15, 0.2) is 0 Å². The van der Waals surface area contributed by atoms with Gasteiger partial charge in [-0.15, -0.1) is 0 Å². The summed E-state index contributed by atoms with van der Waals surface area (Å²) in [7, 11) is -2.63. The molecule has 0 amide bonds. The molecular weight excluding hydrogens is 347 g/mol. The topological polar surface area (TPSA) is 9.23 Å². The lowest BCUT2D eigenvalue weighted by Gasteiger charge is -2.25. The highest BCUT2D eigenvalue weighted by molar-refractivity contribution is 7.98. The molecule has 1 nitrogen and oxygen atoms in total. The first-order valence-electron chi connectivity index (χ1n) is 11.0. The third-order valence-electron chi connectivity index (χ3n) is 4.80. The van der Waals surface area contributed by atoms with Crippen LogP contribution in [-0.4, -0.2) is 6.61 Å². The fourth-order valence-electron chi connectivity index (χ4n) is 3.47. The maximum Gasteiger partial charge on any atom is 0.140 e. The van der Waals surface area contributed by atoms with Gasteiger partial charge < -0.3 is 4.74 Å². The van der Waals surface area contributed by atoms with E-state index in [0.717, 1.165) is 28.8 Å². The zero-order chi connectivity index (χ0) is 21.0. The molecule has 2 heteroatoms. The summed E-state index contributed by atoms with van der Waals surface area (Å²) in [4.78, 5) is 0. The number of ether oxygens (including phenoxy) is 1. The Kier molecular flexibility index (Phi) is 4.64. The first-order chi connectivity index (χ1) is 14.6. The van der Waals surface area contributed by atoms with Crippen molar-refractivity contribution in [1.29, 1.82) is 0 Å². The predicted molar refractivity (Wildman–Crippen MR) is 118 cm³/mol. The molecule has 0 aromatic heterocycles. The minimum absolute atomic E-state index is 0.199. The first-order valence-corrected chi connectivity index (χ1v) is 11.3. The molecule has 1 heterocycles. The van der Waals surface area contributed by atoms with Gasteiger partial charge in [0.25, 0.3) is 0 Å². The summed E-state index contributed by atoms with van der Waals surface area (Å²) in [6, 6.07) is 30.3. The number of rotatable bonds is 4. The van der Waals surface area contributed by atoms with Crippen LogP contribution < -0.4 is 15.9 Å². The number of allylic oxidation sites excluding steroid dienone is 1. The van der Waals surface area contributed by atoms with E-state index in [0.29, 0.717) is 13.0 Å². The maximum absolute atomic E-state index is 9.50. The van der Waals surface area contributed by atoms with Crippen LogP contribution in [0.1, 0.15) is 29.7 Å². The minimum Gasteiger partial charge on any atom is -0.494 e. The highest BCUT2D eigenvalue weighted by Crippen LogP contribution is 2.58. The molecule has 0 N–H and O–H groups in total. The summed E-state index contributed by atoms with van der Waals surface area (Å²) < 4.78 is 32.9. The van der Waals surface area contributed by atoms with Crippen LogP contribution in [0.4, 0.5) is 0 Å². The molecule has 1 saturated heterocycles. The van der Waals surface area contributed by atoms with Crippen molar-refractivity contribution in [3.8, 4) is 0 Å². The fraction of sp³-hybridized carbons (Fsp3) is 0.200. The van der Waals surface area contributed by atoms with E-state index in [-0.39, 0.29) is 11.6 Å². The summed E-state index contributed by atoms with van der Waals surface area (Å²) in [6.45, 7) is 0.454. The second-order valence-corrected chi connectivity index (χ2v) is 9.72. The Bertz CT molecular complexity index is 908. The van der Waals surface area contributed by atoms with Crippen LogP contribution in [0.5, 0.6) is 0 Å². The van der Waals surface area contributed by atoms with E-state index >= 15 is 0 Å². The largest absolute Gasteiger partial charge is 0.494 e. The van der Waals surface area contributed by atoms with E-state index in [1.807, 2.05) is 54.6 Å². The third-order valence-corrected chi connectivity index (χ3v) is 8.56. The molecule has 136 valence electrons. The van der Waals surface area contributed by atoms with Crippen molar-refractivity contribution in [2.24, 2.45) is 0 Å². The normalized spacial score (nSPS) is 20.4. The van der Waals surface area contributed by atoms with Crippen LogP contribution in [0.25, 0.3) is 0 Å². The minimum atomic E-state index is -2.63. The number of benzene rings is 3. The molecule has 0 aliphatic carbocycles. The quantitative estimate of drug-likeness (QED) is 0.553. The molecule has 0 saturated carbocycles. The lowest BCUT2D eigenvalue weighted by Crippen LogP contribution is -2.30. The van der Waals surface area contributed by atoms with Crippen molar-refractivity contribution >= 4 is 23.2 Å². The highest BCUT2D eigenvalue weighted by Gasteiger charge is 2.44. The molecule has 0 bridgehead atoms. The molecule has 1 fully saturated rings. The molecule has 3 aromatic carbocycles. The lowest BCUT2D eigenvalue weighted by atomic mass is 10.2. The Morgan fingerprint density at radius 1 is 0.704 bits per heavy atom. The van der Waals surface area contributed by atoms with Crippen LogP contribution in [0.3, 0.4) is 0 Å². The van der Waals surface area contributed by atoms with Gasteiger partial charge in [-0.2, -0.15) is 0 Å². The summed E-state index contributed by atoms with van der Waals surface area (Å²) in [5.41, 5.74) is 0. The molecule has 1 aliphatic heterocycles. The van der Waals surface area contributed by atoms with Crippen LogP contribution >= 0.6 is 7.26 Å². The average Bonchev–Trinajstić information content (AvgIpc) is 2.96. The monoisotopic (exact) mass is 376 g/mol. The standard InChI is InChI=1S/C25H26OP/c1-6-14-23(15-7-1)27(24-16-8-2-9-17-24,25-18-10-3-11-19-25)21-22-13-5-4-12-20-26-22/h1-3,6-11,14-19,21H,4-5,12-13,20H2/q+1/i13D2,21D. The van der Waals surface area contributed by atoms with Crippen LogP contribution in [0, 0.1) is 0 Å². The summed E-state index contributed by atoms with van der Waals surface area (Å²) in [5, 5.41) is 3.09. The average molecular weight is 376 g/mol. The Morgan fingerprint density at radius 2 is 1.19 bits per heavy atom. The zero-order valence-electron chi connectivity index (χ0n) is 18.3. The smallest absolute Gasteiger partial charge is 0.140 e. The molecule has 4 rings (SSSR count). The summed E-state index contributed by atoms with van der Waals surface area (Å²) >= 11 is 0. The van der Waals surface area contributed by atoms with Crippen LogP contribution in [0.15, 0.2) is 103 Å².